The van der Waals surface area contributed by atoms with Gasteiger partial charge >= 0.3 is 0 Å². The molecule has 0 radical (unpaired) electrons. The van der Waals surface area contributed by atoms with E-state index in [1.807, 2.05) is 6.07 Å². The second-order valence-electron chi connectivity index (χ2n) is 6.77. The number of rotatable bonds is 5. The molecule has 1 aromatic heterocycles. The van der Waals surface area contributed by atoms with Crippen LogP contribution in [0.25, 0.3) is 11.1 Å². The molecule has 2 heterocycles. The SMILES string of the molecule is COc1cc(-c2cc(C3C(C)NNC3C)nc(N)c2C#N)cc(OC)c1OC. The molecule has 2 unspecified atom stereocenters. The number of nitrogen functional groups attached to an aromatic ring is 1. The maximum absolute atomic E-state index is 9.69. The number of pyridine rings is 1. The van der Waals surface area contributed by atoms with Crippen LogP contribution in [0.3, 0.4) is 0 Å². The second-order valence-corrected chi connectivity index (χ2v) is 6.77. The summed E-state index contributed by atoms with van der Waals surface area (Å²) in [7, 11) is 4.65. The number of methoxy groups -OCH3 is 3. The van der Waals surface area contributed by atoms with Crippen LogP contribution in [0.5, 0.6) is 17.2 Å². The molecule has 1 fully saturated rings. The lowest BCUT2D eigenvalue weighted by molar-refractivity contribution is 0.324. The van der Waals surface area contributed by atoms with Gasteiger partial charge in [0.25, 0.3) is 0 Å². The Balaban J connectivity index is 2.22. The van der Waals surface area contributed by atoms with Crippen LogP contribution in [0.15, 0.2) is 18.2 Å². The molecule has 8 heteroatoms. The lowest BCUT2D eigenvalue weighted by atomic mass is 9.89. The van der Waals surface area contributed by atoms with Gasteiger partial charge in [-0.15, -0.1) is 0 Å². The van der Waals surface area contributed by atoms with Gasteiger partial charge in [0.15, 0.2) is 11.5 Å². The average Bonchev–Trinajstić information content (AvgIpc) is 3.04. The summed E-state index contributed by atoms with van der Waals surface area (Å²) in [6.45, 7) is 4.16. The number of hydrogen-bond donors (Lipinski definition) is 3. The summed E-state index contributed by atoms with van der Waals surface area (Å²) in [4.78, 5) is 4.52. The first kappa shape index (κ1) is 19.7. The molecule has 148 valence electrons. The summed E-state index contributed by atoms with van der Waals surface area (Å²) in [5.41, 5.74) is 15.2. The van der Waals surface area contributed by atoms with Gasteiger partial charge < -0.3 is 19.9 Å². The molecule has 2 aromatic rings. The van der Waals surface area contributed by atoms with Crippen molar-refractivity contribution in [1.82, 2.24) is 15.8 Å². The van der Waals surface area contributed by atoms with E-state index in [9.17, 15) is 5.26 Å². The molecule has 0 spiro atoms. The maximum atomic E-state index is 9.69. The largest absolute Gasteiger partial charge is 0.493 e. The van der Waals surface area contributed by atoms with Crippen LogP contribution >= 0.6 is 0 Å². The summed E-state index contributed by atoms with van der Waals surface area (Å²) < 4.78 is 16.3. The molecule has 1 aliphatic heterocycles. The van der Waals surface area contributed by atoms with E-state index >= 15 is 0 Å². The predicted molar refractivity (Wildman–Crippen MR) is 106 cm³/mol. The zero-order valence-electron chi connectivity index (χ0n) is 16.7. The van der Waals surface area contributed by atoms with Gasteiger partial charge in [0, 0.05) is 29.3 Å². The third kappa shape index (κ3) is 3.30. The number of nitrogens with one attached hydrogen (secondary N) is 2. The molecule has 8 nitrogen and oxygen atoms in total. The molecule has 2 atom stereocenters. The first-order valence-electron chi connectivity index (χ1n) is 8.97. The minimum absolute atomic E-state index is 0.107. The topological polar surface area (TPSA) is 114 Å². The maximum Gasteiger partial charge on any atom is 0.203 e. The molecular formula is C20H25N5O3. The van der Waals surface area contributed by atoms with Crippen molar-refractivity contribution in [2.75, 3.05) is 27.1 Å². The number of hydrazine groups is 1. The molecule has 28 heavy (non-hydrogen) atoms. The van der Waals surface area contributed by atoms with Crippen molar-refractivity contribution < 1.29 is 14.2 Å². The Kier molecular flexibility index (Phi) is 5.58. The number of aromatic nitrogens is 1. The van der Waals surface area contributed by atoms with Crippen LogP contribution in [0, 0.1) is 11.3 Å². The summed E-state index contributed by atoms with van der Waals surface area (Å²) >= 11 is 0. The van der Waals surface area contributed by atoms with Gasteiger partial charge in [-0.3, -0.25) is 10.9 Å². The zero-order chi connectivity index (χ0) is 20.4. The monoisotopic (exact) mass is 383 g/mol. The normalized spacial score (nSPS) is 21.2. The van der Waals surface area contributed by atoms with E-state index < -0.39 is 0 Å². The van der Waals surface area contributed by atoms with Gasteiger partial charge in [-0.05, 0) is 37.6 Å². The van der Waals surface area contributed by atoms with Gasteiger partial charge in [-0.2, -0.15) is 5.26 Å². The highest BCUT2D eigenvalue weighted by Gasteiger charge is 2.33. The summed E-state index contributed by atoms with van der Waals surface area (Å²) in [6, 6.07) is 8.04. The number of anilines is 1. The van der Waals surface area contributed by atoms with E-state index in [-0.39, 0.29) is 23.8 Å². The molecule has 0 saturated carbocycles. The van der Waals surface area contributed by atoms with Crippen molar-refractivity contribution >= 4 is 5.82 Å². The van der Waals surface area contributed by atoms with Crippen molar-refractivity contribution in [3.63, 3.8) is 0 Å². The fraction of sp³-hybridized carbons (Fsp3) is 0.400. The molecule has 0 bridgehead atoms. The van der Waals surface area contributed by atoms with Crippen LogP contribution < -0.4 is 30.8 Å². The van der Waals surface area contributed by atoms with Crippen molar-refractivity contribution in [1.29, 1.82) is 5.26 Å². The van der Waals surface area contributed by atoms with E-state index in [2.05, 4.69) is 35.8 Å². The van der Waals surface area contributed by atoms with Crippen LogP contribution in [0.1, 0.15) is 31.0 Å². The molecule has 0 amide bonds. The van der Waals surface area contributed by atoms with Crippen molar-refractivity contribution in [3.05, 3.63) is 29.5 Å². The Morgan fingerprint density at radius 3 is 2.04 bits per heavy atom. The third-order valence-electron chi connectivity index (χ3n) is 5.11. The van der Waals surface area contributed by atoms with Gasteiger partial charge in [0.05, 0.1) is 21.3 Å². The number of nitrogens with zero attached hydrogens (tertiary/aromatic N) is 2. The summed E-state index contributed by atoms with van der Waals surface area (Å²) in [5, 5.41) is 9.69. The van der Waals surface area contributed by atoms with Crippen LogP contribution in [-0.4, -0.2) is 38.4 Å². The Morgan fingerprint density at radius 2 is 1.57 bits per heavy atom. The summed E-state index contributed by atoms with van der Waals surface area (Å²) in [6.07, 6.45) is 0. The number of ether oxygens (including phenoxy) is 3. The Morgan fingerprint density at radius 1 is 1.00 bits per heavy atom. The quantitative estimate of drug-likeness (QED) is 0.720. The third-order valence-corrected chi connectivity index (χ3v) is 5.11. The van der Waals surface area contributed by atoms with E-state index in [0.29, 0.717) is 28.4 Å². The minimum Gasteiger partial charge on any atom is -0.493 e. The van der Waals surface area contributed by atoms with Gasteiger partial charge in [-0.25, -0.2) is 4.98 Å². The fourth-order valence-corrected chi connectivity index (χ4v) is 3.73. The van der Waals surface area contributed by atoms with E-state index in [4.69, 9.17) is 19.9 Å². The highest BCUT2D eigenvalue weighted by molar-refractivity contribution is 5.79. The van der Waals surface area contributed by atoms with E-state index in [0.717, 1.165) is 11.3 Å². The van der Waals surface area contributed by atoms with Crippen LogP contribution in [0.4, 0.5) is 5.82 Å². The predicted octanol–water partition coefficient (Wildman–Crippen LogP) is 2.20. The second kappa shape index (κ2) is 7.92. The molecule has 1 saturated heterocycles. The van der Waals surface area contributed by atoms with Crippen molar-refractivity contribution in [3.8, 4) is 34.4 Å². The van der Waals surface area contributed by atoms with E-state index in [1.54, 1.807) is 33.5 Å². The minimum atomic E-state index is 0.107. The number of benzene rings is 1. The first-order valence-corrected chi connectivity index (χ1v) is 8.97. The van der Waals surface area contributed by atoms with E-state index in [1.165, 1.54) is 0 Å². The Hall–Kier alpha value is -3.02. The molecule has 1 aliphatic rings. The highest BCUT2D eigenvalue weighted by atomic mass is 16.5. The van der Waals surface area contributed by atoms with Crippen molar-refractivity contribution in [2.45, 2.75) is 31.8 Å². The molecule has 4 N–H and O–H groups in total. The fourth-order valence-electron chi connectivity index (χ4n) is 3.73. The smallest absolute Gasteiger partial charge is 0.203 e. The highest BCUT2D eigenvalue weighted by Crippen LogP contribution is 2.43. The number of nitrogens with two attached hydrogens (primary N) is 1. The van der Waals surface area contributed by atoms with Gasteiger partial charge in [-0.1, -0.05) is 0 Å². The molecule has 1 aromatic carbocycles. The van der Waals surface area contributed by atoms with Crippen molar-refractivity contribution in [2.24, 2.45) is 0 Å². The standard InChI is InChI=1S/C20H25N5O3/c1-10-18(11(2)25-24-10)15-8-13(14(9-21)20(22)23-15)12-6-16(26-3)19(28-5)17(7-12)27-4/h6-8,10-11,18,24-25H,1-5H3,(H2,22,23). The summed E-state index contributed by atoms with van der Waals surface area (Å²) in [5.74, 6) is 1.80. The van der Waals surface area contributed by atoms with Crippen LogP contribution in [-0.2, 0) is 0 Å². The Bertz CT molecular complexity index is 890. The lowest BCUT2D eigenvalue weighted by Gasteiger charge is -2.20. The lowest BCUT2D eigenvalue weighted by Crippen LogP contribution is -2.30. The zero-order valence-corrected chi connectivity index (χ0v) is 16.7. The average molecular weight is 383 g/mol. The molecule has 0 aliphatic carbocycles. The van der Waals surface area contributed by atoms with Gasteiger partial charge in [0.1, 0.15) is 17.5 Å². The number of hydrogen-bond acceptors (Lipinski definition) is 8. The van der Waals surface area contributed by atoms with Crippen LogP contribution in [0.2, 0.25) is 0 Å². The Labute approximate surface area is 164 Å². The first-order chi connectivity index (χ1) is 13.4. The number of nitriles is 1. The van der Waals surface area contributed by atoms with Gasteiger partial charge in [0.2, 0.25) is 5.75 Å². The molecule has 3 rings (SSSR count). The molecular weight excluding hydrogens is 358 g/mol.